The first-order chi connectivity index (χ1) is 10.3. The van der Waals surface area contributed by atoms with Crippen molar-refractivity contribution in [3.8, 4) is 0 Å². The van der Waals surface area contributed by atoms with Crippen LogP contribution in [-0.4, -0.2) is 33.9 Å². The van der Waals surface area contributed by atoms with Gasteiger partial charge in [0.05, 0.1) is 0 Å². The number of rotatable bonds is 6. The molecule has 1 heterocycles. The Morgan fingerprint density at radius 3 is 3.00 bits per heavy atom. The van der Waals surface area contributed by atoms with Crippen molar-refractivity contribution in [2.75, 3.05) is 13.1 Å². The van der Waals surface area contributed by atoms with Crippen molar-refractivity contribution in [3.05, 3.63) is 12.2 Å². The van der Waals surface area contributed by atoms with E-state index in [1.807, 2.05) is 4.57 Å². The average molecular weight is 291 g/mol. The van der Waals surface area contributed by atoms with E-state index >= 15 is 0 Å². The minimum Gasteiger partial charge on any atom is -0.338 e. The van der Waals surface area contributed by atoms with Crippen molar-refractivity contribution in [1.29, 1.82) is 0 Å². The molecule has 0 radical (unpaired) electrons. The Morgan fingerprint density at radius 2 is 2.29 bits per heavy atom. The number of carbonyl (C=O) groups excluding carboxylic acids is 1. The standard InChI is InChI=1S/C15H25N5O/c1-2-14-19-18-10-20(14)6-5-16-15(21)17-9-13-8-11-3-4-12(13)7-11/h10-13H,2-9H2,1H3,(H2,16,17,21)/t11-,12-,13-/m0/s1. The minimum atomic E-state index is -0.0519. The van der Waals surface area contributed by atoms with Gasteiger partial charge in [-0.3, -0.25) is 0 Å². The summed E-state index contributed by atoms with van der Waals surface area (Å²) in [4.78, 5) is 11.8. The van der Waals surface area contributed by atoms with Gasteiger partial charge < -0.3 is 15.2 Å². The first kappa shape index (κ1) is 14.4. The van der Waals surface area contributed by atoms with E-state index in [2.05, 4.69) is 27.8 Å². The number of hydrogen-bond acceptors (Lipinski definition) is 3. The van der Waals surface area contributed by atoms with E-state index in [-0.39, 0.29) is 6.03 Å². The second-order valence-electron chi connectivity index (χ2n) is 6.37. The highest BCUT2D eigenvalue weighted by Gasteiger charge is 2.39. The highest BCUT2D eigenvalue weighted by molar-refractivity contribution is 5.73. The summed E-state index contributed by atoms with van der Waals surface area (Å²) in [7, 11) is 0. The first-order valence-corrected chi connectivity index (χ1v) is 8.14. The van der Waals surface area contributed by atoms with Crippen LogP contribution in [0.2, 0.25) is 0 Å². The number of urea groups is 1. The Hall–Kier alpha value is -1.59. The van der Waals surface area contributed by atoms with Gasteiger partial charge in [-0.2, -0.15) is 0 Å². The summed E-state index contributed by atoms with van der Waals surface area (Å²) >= 11 is 0. The second kappa shape index (κ2) is 6.45. The zero-order valence-electron chi connectivity index (χ0n) is 12.7. The van der Waals surface area contributed by atoms with Crippen molar-refractivity contribution in [2.45, 2.75) is 45.6 Å². The summed E-state index contributed by atoms with van der Waals surface area (Å²) in [6, 6.07) is -0.0519. The molecule has 2 N–H and O–H groups in total. The van der Waals surface area contributed by atoms with E-state index < -0.39 is 0 Å². The predicted octanol–water partition coefficient (Wildman–Crippen LogP) is 1.58. The number of carbonyl (C=O) groups is 1. The molecule has 0 aromatic carbocycles. The maximum absolute atomic E-state index is 11.8. The van der Waals surface area contributed by atoms with Crippen LogP contribution in [0, 0.1) is 17.8 Å². The van der Waals surface area contributed by atoms with E-state index in [4.69, 9.17) is 0 Å². The molecule has 1 aromatic heterocycles. The van der Waals surface area contributed by atoms with Crippen LogP contribution in [-0.2, 0) is 13.0 Å². The van der Waals surface area contributed by atoms with Gasteiger partial charge in [-0.15, -0.1) is 10.2 Å². The van der Waals surface area contributed by atoms with Gasteiger partial charge in [0.2, 0.25) is 0 Å². The maximum Gasteiger partial charge on any atom is 0.314 e. The third-order valence-electron chi connectivity index (χ3n) is 5.06. The number of aromatic nitrogens is 3. The molecule has 6 nitrogen and oxygen atoms in total. The number of nitrogens with zero attached hydrogens (tertiary/aromatic N) is 3. The van der Waals surface area contributed by atoms with Gasteiger partial charge in [-0.1, -0.05) is 13.3 Å². The number of fused-ring (bicyclic) bond motifs is 2. The highest BCUT2D eigenvalue weighted by atomic mass is 16.2. The van der Waals surface area contributed by atoms with Gasteiger partial charge in [0.25, 0.3) is 0 Å². The fourth-order valence-corrected chi connectivity index (χ4v) is 3.94. The number of hydrogen-bond donors (Lipinski definition) is 2. The maximum atomic E-state index is 11.8. The largest absolute Gasteiger partial charge is 0.338 e. The monoisotopic (exact) mass is 291 g/mol. The fraction of sp³-hybridized carbons (Fsp3) is 0.800. The van der Waals surface area contributed by atoms with Crippen LogP contribution < -0.4 is 10.6 Å². The molecule has 2 fully saturated rings. The lowest BCUT2D eigenvalue weighted by atomic mass is 9.89. The SMILES string of the molecule is CCc1nncn1CCNC(=O)NC[C@@H]1C[C@H]2CC[C@H]1C2. The molecule has 0 spiro atoms. The van der Waals surface area contributed by atoms with E-state index in [9.17, 15) is 4.79 Å². The molecule has 2 saturated carbocycles. The Balaban J connectivity index is 1.33. The summed E-state index contributed by atoms with van der Waals surface area (Å²) in [6.45, 7) is 4.21. The van der Waals surface area contributed by atoms with Crippen molar-refractivity contribution in [3.63, 3.8) is 0 Å². The molecular weight excluding hydrogens is 266 g/mol. The molecule has 0 aliphatic heterocycles. The van der Waals surface area contributed by atoms with Crippen LogP contribution in [0.5, 0.6) is 0 Å². The number of aryl methyl sites for hydroxylation is 1. The van der Waals surface area contributed by atoms with Gasteiger partial charge in [-0.25, -0.2) is 4.79 Å². The first-order valence-electron chi connectivity index (χ1n) is 8.14. The van der Waals surface area contributed by atoms with Gasteiger partial charge >= 0.3 is 6.03 Å². The van der Waals surface area contributed by atoms with Gasteiger partial charge in [0.15, 0.2) is 0 Å². The van der Waals surface area contributed by atoms with E-state index in [0.717, 1.165) is 37.2 Å². The summed E-state index contributed by atoms with van der Waals surface area (Å²) < 4.78 is 1.98. The molecule has 0 saturated heterocycles. The van der Waals surface area contributed by atoms with Crippen molar-refractivity contribution >= 4 is 6.03 Å². The van der Waals surface area contributed by atoms with Crippen molar-refractivity contribution in [1.82, 2.24) is 25.4 Å². The quantitative estimate of drug-likeness (QED) is 0.836. The molecule has 2 amide bonds. The smallest absolute Gasteiger partial charge is 0.314 e. The van der Waals surface area contributed by atoms with Gasteiger partial charge in [0.1, 0.15) is 12.2 Å². The topological polar surface area (TPSA) is 71.8 Å². The summed E-state index contributed by atoms with van der Waals surface area (Å²) in [6.07, 6.45) is 8.05. The van der Waals surface area contributed by atoms with Crippen LogP contribution in [0.1, 0.15) is 38.4 Å². The predicted molar refractivity (Wildman–Crippen MR) is 79.7 cm³/mol. The molecule has 3 rings (SSSR count). The normalized spacial score (nSPS) is 27.0. The van der Waals surface area contributed by atoms with E-state index in [1.165, 1.54) is 25.7 Å². The zero-order chi connectivity index (χ0) is 14.7. The Kier molecular flexibility index (Phi) is 4.41. The molecular formula is C15H25N5O. The van der Waals surface area contributed by atoms with Crippen LogP contribution in [0.15, 0.2) is 6.33 Å². The Morgan fingerprint density at radius 1 is 1.38 bits per heavy atom. The summed E-state index contributed by atoms with van der Waals surface area (Å²) in [5.74, 6) is 3.46. The van der Waals surface area contributed by atoms with Gasteiger partial charge in [0, 0.05) is 26.1 Å². The lowest BCUT2D eigenvalue weighted by Gasteiger charge is -2.21. The Bertz CT molecular complexity index is 486. The molecule has 2 aliphatic rings. The molecule has 2 bridgehead atoms. The minimum absolute atomic E-state index is 0.0519. The summed E-state index contributed by atoms with van der Waals surface area (Å²) in [5, 5.41) is 13.9. The van der Waals surface area contributed by atoms with Crippen LogP contribution in [0.25, 0.3) is 0 Å². The van der Waals surface area contributed by atoms with E-state index in [1.54, 1.807) is 6.33 Å². The molecule has 21 heavy (non-hydrogen) atoms. The molecule has 0 unspecified atom stereocenters. The molecule has 6 heteroatoms. The average Bonchev–Trinajstić information content (AvgIpc) is 3.21. The molecule has 3 atom stereocenters. The second-order valence-corrected chi connectivity index (χ2v) is 6.37. The van der Waals surface area contributed by atoms with Crippen LogP contribution >= 0.6 is 0 Å². The zero-order valence-corrected chi connectivity index (χ0v) is 12.7. The van der Waals surface area contributed by atoms with Crippen molar-refractivity contribution < 1.29 is 4.79 Å². The van der Waals surface area contributed by atoms with Gasteiger partial charge in [-0.05, 0) is 37.0 Å². The third-order valence-corrected chi connectivity index (χ3v) is 5.06. The lowest BCUT2D eigenvalue weighted by molar-refractivity contribution is 0.234. The number of amides is 2. The lowest BCUT2D eigenvalue weighted by Crippen LogP contribution is -2.40. The number of nitrogens with one attached hydrogen (secondary N) is 2. The summed E-state index contributed by atoms with van der Waals surface area (Å²) in [5.41, 5.74) is 0. The molecule has 116 valence electrons. The van der Waals surface area contributed by atoms with E-state index in [0.29, 0.717) is 12.5 Å². The molecule has 1 aromatic rings. The van der Waals surface area contributed by atoms with Crippen LogP contribution in [0.3, 0.4) is 0 Å². The highest BCUT2D eigenvalue weighted by Crippen LogP contribution is 2.47. The van der Waals surface area contributed by atoms with Crippen molar-refractivity contribution in [2.24, 2.45) is 17.8 Å². The third kappa shape index (κ3) is 3.36. The Labute approximate surface area is 125 Å². The molecule has 2 aliphatic carbocycles. The fourth-order valence-electron chi connectivity index (χ4n) is 3.94. The van der Waals surface area contributed by atoms with Crippen LogP contribution in [0.4, 0.5) is 4.79 Å².